The van der Waals surface area contributed by atoms with Crippen LogP contribution in [0.25, 0.3) is 0 Å². The fourth-order valence-corrected chi connectivity index (χ4v) is 2.13. The number of nitrogen functional groups attached to an aromatic ring is 2. The predicted molar refractivity (Wildman–Crippen MR) is 106 cm³/mol. The fourth-order valence-electron chi connectivity index (χ4n) is 2.13. The molecule has 0 saturated carbocycles. The second-order valence-electron chi connectivity index (χ2n) is 6.91. The van der Waals surface area contributed by atoms with Crippen molar-refractivity contribution in [1.29, 1.82) is 0 Å². The minimum atomic E-state index is -0.615. The van der Waals surface area contributed by atoms with E-state index < -0.39 is 11.6 Å². The molecule has 1 aromatic carbocycles. The summed E-state index contributed by atoms with van der Waals surface area (Å²) < 4.78 is 5.20. The number of anilines is 2. The average molecular weight is 358 g/mol. The first-order valence-electron chi connectivity index (χ1n) is 8.89. The van der Waals surface area contributed by atoms with E-state index in [4.69, 9.17) is 16.2 Å². The lowest BCUT2D eigenvalue weighted by Gasteiger charge is -2.19. The Morgan fingerprint density at radius 2 is 1.42 bits per heavy atom. The predicted octanol–water partition coefficient (Wildman–Crippen LogP) is 4.02. The molecule has 2 rings (SSSR count). The molecular weight excluding hydrogens is 328 g/mol. The number of unbranched alkanes of at least 4 members (excludes halogenated alkanes) is 2. The molecular formula is C20H30N4O2. The van der Waals surface area contributed by atoms with Gasteiger partial charge in [-0.05, 0) is 33.6 Å². The largest absolute Gasteiger partial charge is 0.454 e. The maximum Gasteiger partial charge on any atom is 0.377 e. The molecule has 1 aromatic heterocycles. The number of nitrogens with two attached hydrogens (primary N) is 2. The molecule has 0 bridgehead atoms. The first-order chi connectivity index (χ1) is 12.2. The molecule has 4 N–H and O–H groups in total. The molecule has 26 heavy (non-hydrogen) atoms. The van der Waals surface area contributed by atoms with E-state index in [2.05, 4.69) is 16.9 Å². The zero-order chi connectivity index (χ0) is 19.6. The lowest BCUT2D eigenvalue weighted by Crippen LogP contribution is -2.26. The summed E-state index contributed by atoms with van der Waals surface area (Å²) in [6.07, 6.45) is 3.89. The highest BCUT2D eigenvalue weighted by Crippen LogP contribution is 2.20. The van der Waals surface area contributed by atoms with Crippen LogP contribution in [-0.4, -0.2) is 21.5 Å². The van der Waals surface area contributed by atoms with Gasteiger partial charge in [0.15, 0.2) is 0 Å². The van der Waals surface area contributed by atoms with Crippen molar-refractivity contribution in [3.8, 4) is 0 Å². The summed E-state index contributed by atoms with van der Waals surface area (Å²) in [6, 6.07) is 12.0. The number of aromatic nitrogens is 2. The molecule has 2 aromatic rings. The van der Waals surface area contributed by atoms with Gasteiger partial charge < -0.3 is 16.2 Å². The fraction of sp³-hybridized carbons (Fsp3) is 0.450. The summed E-state index contributed by atoms with van der Waals surface area (Å²) >= 11 is 0. The van der Waals surface area contributed by atoms with E-state index in [-0.39, 0.29) is 17.5 Å². The van der Waals surface area contributed by atoms with Gasteiger partial charge >= 0.3 is 5.97 Å². The number of nitrogens with zero attached hydrogens (tertiary/aromatic N) is 2. The van der Waals surface area contributed by atoms with Gasteiger partial charge in [-0.2, -0.15) is 0 Å². The van der Waals surface area contributed by atoms with Crippen molar-refractivity contribution in [3.63, 3.8) is 0 Å². The van der Waals surface area contributed by atoms with Crippen LogP contribution in [0.2, 0.25) is 0 Å². The Labute approximate surface area is 156 Å². The van der Waals surface area contributed by atoms with E-state index in [9.17, 15) is 4.79 Å². The van der Waals surface area contributed by atoms with Crippen LogP contribution in [0, 0.1) is 0 Å². The zero-order valence-corrected chi connectivity index (χ0v) is 16.2. The van der Waals surface area contributed by atoms with Gasteiger partial charge in [-0.25, -0.2) is 14.8 Å². The van der Waals surface area contributed by atoms with Crippen molar-refractivity contribution in [2.75, 3.05) is 11.5 Å². The Morgan fingerprint density at radius 1 is 0.962 bits per heavy atom. The lowest BCUT2D eigenvalue weighted by molar-refractivity contribution is 0.00558. The standard InChI is InChI=1S/C14H24N4O2.C6H6/c1-5-6-7-8-9-10(15)17-12(18-11(9)16)13(19)20-14(2,3)4;1-2-4-6-5-3-1/h5-8H2,1-4H3,(H4,15,16,17,18);1-6H. The number of ether oxygens (including phenoxy) is 1. The van der Waals surface area contributed by atoms with Crippen LogP contribution in [0.3, 0.4) is 0 Å². The van der Waals surface area contributed by atoms with E-state index >= 15 is 0 Å². The molecule has 6 heteroatoms. The Morgan fingerprint density at radius 3 is 1.81 bits per heavy atom. The Kier molecular flexibility index (Phi) is 8.55. The van der Waals surface area contributed by atoms with Crippen LogP contribution >= 0.6 is 0 Å². The molecule has 6 nitrogen and oxygen atoms in total. The summed E-state index contributed by atoms with van der Waals surface area (Å²) in [6.45, 7) is 7.44. The van der Waals surface area contributed by atoms with Gasteiger partial charge in [0.2, 0.25) is 5.82 Å². The third kappa shape index (κ3) is 7.96. The van der Waals surface area contributed by atoms with Crippen LogP contribution in [-0.2, 0) is 11.2 Å². The number of benzene rings is 1. The van der Waals surface area contributed by atoms with Gasteiger partial charge in [0.05, 0.1) is 0 Å². The number of carbonyl (C=O) groups excluding carboxylic acids is 1. The highest BCUT2D eigenvalue weighted by atomic mass is 16.6. The minimum Gasteiger partial charge on any atom is -0.454 e. The van der Waals surface area contributed by atoms with E-state index in [1.807, 2.05) is 36.4 Å². The molecule has 0 spiro atoms. The van der Waals surface area contributed by atoms with Gasteiger partial charge in [-0.15, -0.1) is 0 Å². The monoisotopic (exact) mass is 358 g/mol. The second-order valence-corrected chi connectivity index (χ2v) is 6.91. The summed E-state index contributed by atoms with van der Waals surface area (Å²) in [5, 5.41) is 0. The molecule has 0 fully saturated rings. The van der Waals surface area contributed by atoms with Crippen LogP contribution in [0.1, 0.15) is 63.1 Å². The Balaban J connectivity index is 0.000000472. The number of hydrogen-bond acceptors (Lipinski definition) is 6. The molecule has 0 radical (unpaired) electrons. The minimum absolute atomic E-state index is 0.0887. The maximum absolute atomic E-state index is 11.9. The van der Waals surface area contributed by atoms with Crippen LogP contribution < -0.4 is 11.5 Å². The average Bonchev–Trinajstić information content (AvgIpc) is 2.58. The first kappa shape index (κ1) is 21.4. The number of rotatable bonds is 5. The van der Waals surface area contributed by atoms with Crippen molar-refractivity contribution >= 4 is 17.6 Å². The number of carbonyl (C=O) groups is 1. The third-order valence-corrected chi connectivity index (χ3v) is 3.35. The molecule has 0 aliphatic rings. The molecule has 0 amide bonds. The van der Waals surface area contributed by atoms with Crippen molar-refractivity contribution in [2.45, 2.75) is 59.0 Å². The quantitative estimate of drug-likeness (QED) is 0.618. The zero-order valence-electron chi connectivity index (χ0n) is 16.2. The normalized spacial score (nSPS) is 10.6. The van der Waals surface area contributed by atoms with Gasteiger partial charge in [0.1, 0.15) is 17.2 Å². The van der Waals surface area contributed by atoms with Crippen molar-refractivity contribution in [1.82, 2.24) is 9.97 Å². The van der Waals surface area contributed by atoms with E-state index in [1.165, 1.54) is 0 Å². The summed E-state index contributed by atoms with van der Waals surface area (Å²) in [5.74, 6) is -0.186. The number of esters is 1. The summed E-state index contributed by atoms with van der Waals surface area (Å²) in [7, 11) is 0. The van der Waals surface area contributed by atoms with Crippen LogP contribution in [0.5, 0.6) is 0 Å². The third-order valence-electron chi connectivity index (χ3n) is 3.35. The molecule has 0 atom stereocenters. The van der Waals surface area contributed by atoms with E-state index in [1.54, 1.807) is 20.8 Å². The van der Waals surface area contributed by atoms with E-state index in [0.29, 0.717) is 5.56 Å². The van der Waals surface area contributed by atoms with Crippen molar-refractivity contribution in [2.24, 2.45) is 0 Å². The molecule has 1 heterocycles. The van der Waals surface area contributed by atoms with E-state index in [0.717, 1.165) is 25.7 Å². The SMILES string of the molecule is CCCCCc1c(N)nc(C(=O)OC(C)(C)C)nc1N.c1ccccc1. The molecule has 0 aliphatic carbocycles. The Bertz CT molecular complexity index is 632. The topological polar surface area (TPSA) is 104 Å². The van der Waals surface area contributed by atoms with Crippen LogP contribution in [0.4, 0.5) is 11.6 Å². The summed E-state index contributed by atoms with van der Waals surface area (Å²) in [5.41, 5.74) is 11.8. The van der Waals surface area contributed by atoms with Gasteiger partial charge in [0.25, 0.3) is 0 Å². The number of hydrogen-bond donors (Lipinski definition) is 2. The Hall–Kier alpha value is -2.63. The maximum atomic E-state index is 11.9. The first-order valence-corrected chi connectivity index (χ1v) is 8.89. The van der Waals surface area contributed by atoms with Crippen molar-refractivity contribution in [3.05, 3.63) is 47.8 Å². The lowest BCUT2D eigenvalue weighted by atomic mass is 10.1. The highest BCUT2D eigenvalue weighted by molar-refractivity contribution is 5.86. The smallest absolute Gasteiger partial charge is 0.377 e. The van der Waals surface area contributed by atoms with Crippen molar-refractivity contribution < 1.29 is 9.53 Å². The molecule has 0 unspecified atom stereocenters. The second kappa shape index (κ2) is 10.4. The van der Waals surface area contributed by atoms with Gasteiger partial charge in [0, 0.05) is 5.56 Å². The van der Waals surface area contributed by atoms with Gasteiger partial charge in [-0.3, -0.25) is 0 Å². The van der Waals surface area contributed by atoms with Crippen LogP contribution in [0.15, 0.2) is 36.4 Å². The molecule has 142 valence electrons. The highest BCUT2D eigenvalue weighted by Gasteiger charge is 2.22. The summed E-state index contributed by atoms with van der Waals surface area (Å²) in [4.78, 5) is 19.9. The van der Waals surface area contributed by atoms with Gasteiger partial charge in [-0.1, -0.05) is 56.2 Å². The molecule has 0 aliphatic heterocycles. The molecule has 0 saturated heterocycles.